The zero-order valence-electron chi connectivity index (χ0n) is 14.1. The van der Waals surface area contributed by atoms with Crippen LogP contribution < -0.4 is 0 Å². The minimum absolute atomic E-state index is 0.828. The topological polar surface area (TPSA) is 57.4 Å². The third kappa shape index (κ3) is 3.12. The molecule has 27 heavy (non-hydrogen) atoms. The zero-order chi connectivity index (χ0) is 18.2. The van der Waals surface area contributed by atoms with Crippen molar-refractivity contribution in [3.05, 3.63) is 70.8 Å². The molecule has 0 saturated carbocycles. The Morgan fingerprint density at radius 3 is 2.22 bits per heavy atom. The predicted octanol–water partition coefficient (Wildman–Crippen LogP) is 5.36. The number of halogens is 1. The van der Waals surface area contributed by atoms with Crippen LogP contribution in [0, 0.1) is 10.8 Å². The van der Waals surface area contributed by atoms with E-state index >= 15 is 0 Å². The highest BCUT2D eigenvalue weighted by molar-refractivity contribution is 9.12. The maximum atomic E-state index is 4.72. The Morgan fingerprint density at radius 2 is 1.37 bits per heavy atom. The summed E-state index contributed by atoms with van der Waals surface area (Å²) >= 11 is 3.21. The second kappa shape index (κ2) is 6.42. The van der Waals surface area contributed by atoms with Crippen LogP contribution in [0.2, 0.25) is 0 Å². The van der Waals surface area contributed by atoms with Gasteiger partial charge in [-0.1, -0.05) is 5.92 Å². The molecule has 3 aromatic heterocycles. The first-order chi connectivity index (χ1) is 13.3. The van der Waals surface area contributed by atoms with E-state index in [1.165, 1.54) is 0 Å². The number of rotatable bonds is 0. The fraction of sp³-hybridized carbons (Fsp3) is 0. The molecule has 2 N–H and O–H groups in total. The maximum Gasteiger partial charge on any atom is 0.0815 e. The van der Waals surface area contributed by atoms with Gasteiger partial charge in [0, 0.05) is 32.5 Å². The Kier molecular flexibility index (Phi) is 3.77. The largest absolute Gasteiger partial charge is 0.355 e. The summed E-state index contributed by atoms with van der Waals surface area (Å²) in [4.78, 5) is 19.0. The van der Waals surface area contributed by atoms with Gasteiger partial charge in [-0.25, -0.2) is 9.97 Å². The van der Waals surface area contributed by atoms with Crippen molar-refractivity contribution in [2.24, 2.45) is 0 Å². The molecular formula is C22H13BrN4. The molecule has 0 atom stereocenters. The van der Waals surface area contributed by atoms with Crippen LogP contribution in [-0.2, 0) is 0 Å². The van der Waals surface area contributed by atoms with Crippen LogP contribution in [0.15, 0.2) is 42.5 Å². The lowest BCUT2D eigenvalue weighted by molar-refractivity contribution is 1.27. The zero-order valence-corrected chi connectivity index (χ0v) is 15.7. The number of nitrogens with one attached hydrogen (secondary N) is 2. The second-order valence-corrected chi connectivity index (χ2v) is 6.67. The Bertz CT molecular complexity index is 1340. The molecule has 0 unspecified atom stereocenters. The lowest BCUT2D eigenvalue weighted by Gasteiger charge is -1.92. The highest BCUT2D eigenvalue weighted by atomic mass is 79.9. The Balaban J connectivity index is 1.90. The number of H-pyrrole nitrogens is 2. The second-order valence-electron chi connectivity index (χ2n) is 6.27. The first-order valence-corrected chi connectivity index (χ1v) is 9.25. The normalized spacial score (nSPS) is 12.0. The van der Waals surface area contributed by atoms with E-state index in [9.17, 15) is 0 Å². The molecule has 0 aromatic carbocycles. The molecule has 0 aliphatic carbocycles. The fourth-order valence-corrected chi connectivity index (χ4v) is 3.39. The van der Waals surface area contributed by atoms with Crippen molar-refractivity contribution in [2.75, 3.05) is 0 Å². The quantitative estimate of drug-likeness (QED) is 0.336. The summed E-state index contributed by atoms with van der Waals surface area (Å²) in [5.74, 6) is 3.11. The summed E-state index contributed by atoms with van der Waals surface area (Å²) in [6, 6.07) is 14.2. The minimum atomic E-state index is 0.828. The molecule has 4 nitrogen and oxygen atoms in total. The van der Waals surface area contributed by atoms with E-state index in [4.69, 9.17) is 4.98 Å². The van der Waals surface area contributed by atoms with Crippen LogP contribution in [-0.4, -0.2) is 19.9 Å². The minimum Gasteiger partial charge on any atom is -0.355 e. The van der Waals surface area contributed by atoms with Crippen molar-refractivity contribution in [2.45, 2.75) is 0 Å². The summed E-state index contributed by atoms with van der Waals surface area (Å²) in [5, 5.41) is 0. The standard InChI is InChI=1S/C22H13BrN4/c23-10-9-20-21-7-5-18(26-21)12-16-3-1-14(24-16)11-15-2-4-17(25-15)13-19-6-8-22(20)27-19/h1-8,11-13,24,26H. The molecule has 8 bridgehead atoms. The van der Waals surface area contributed by atoms with E-state index in [1.807, 2.05) is 60.7 Å². The van der Waals surface area contributed by atoms with E-state index in [1.54, 1.807) is 0 Å². The highest BCUT2D eigenvalue weighted by Crippen LogP contribution is 2.20. The molecule has 0 spiro atoms. The number of hydrogen-bond acceptors (Lipinski definition) is 2. The molecule has 2 aliphatic rings. The van der Waals surface area contributed by atoms with E-state index in [0.29, 0.717) is 0 Å². The van der Waals surface area contributed by atoms with Crippen molar-refractivity contribution in [3.63, 3.8) is 0 Å². The van der Waals surface area contributed by atoms with Crippen molar-refractivity contribution >= 4 is 62.3 Å². The molecule has 0 amide bonds. The van der Waals surface area contributed by atoms with Gasteiger partial charge in [-0.3, -0.25) is 0 Å². The van der Waals surface area contributed by atoms with Crippen LogP contribution >= 0.6 is 15.9 Å². The summed E-state index contributed by atoms with van der Waals surface area (Å²) in [6.45, 7) is 0. The SMILES string of the molecule is BrC#Cc1c2nc(cc3nc(cc4ccc(cc5ccc1[nH]5)[nH]4)C=C3)C=C2. The van der Waals surface area contributed by atoms with Gasteiger partial charge in [-0.2, -0.15) is 0 Å². The molecule has 2 aliphatic heterocycles. The third-order valence-corrected chi connectivity index (χ3v) is 4.59. The average Bonchev–Trinajstić information content (AvgIpc) is 3.43. The summed E-state index contributed by atoms with van der Waals surface area (Å²) in [7, 11) is 0. The molecular weight excluding hydrogens is 400 g/mol. The average molecular weight is 413 g/mol. The lowest BCUT2D eigenvalue weighted by Crippen LogP contribution is -1.83. The van der Waals surface area contributed by atoms with Gasteiger partial charge in [0.25, 0.3) is 0 Å². The number of hydrogen-bond donors (Lipinski definition) is 2. The van der Waals surface area contributed by atoms with Gasteiger partial charge < -0.3 is 9.97 Å². The van der Waals surface area contributed by atoms with Crippen molar-refractivity contribution < 1.29 is 0 Å². The molecule has 3 aromatic rings. The Morgan fingerprint density at radius 1 is 0.704 bits per heavy atom. The monoisotopic (exact) mass is 412 g/mol. The first-order valence-electron chi connectivity index (χ1n) is 8.46. The van der Waals surface area contributed by atoms with Gasteiger partial charge in [0.1, 0.15) is 0 Å². The molecule has 5 rings (SSSR count). The van der Waals surface area contributed by atoms with Crippen molar-refractivity contribution in [1.82, 2.24) is 19.9 Å². The molecule has 5 heteroatoms. The van der Waals surface area contributed by atoms with Gasteiger partial charge in [0.05, 0.1) is 33.9 Å². The van der Waals surface area contributed by atoms with E-state index < -0.39 is 0 Å². The van der Waals surface area contributed by atoms with Gasteiger partial charge in [-0.15, -0.1) is 0 Å². The lowest BCUT2D eigenvalue weighted by atomic mass is 10.2. The smallest absolute Gasteiger partial charge is 0.0815 e. The maximum absolute atomic E-state index is 4.72. The van der Waals surface area contributed by atoms with E-state index in [2.05, 4.69) is 47.7 Å². The van der Waals surface area contributed by atoms with Gasteiger partial charge in [0.15, 0.2) is 0 Å². The summed E-state index contributed by atoms with van der Waals surface area (Å²) in [5.41, 5.74) is 8.27. The highest BCUT2D eigenvalue weighted by Gasteiger charge is 2.07. The predicted molar refractivity (Wildman–Crippen MR) is 115 cm³/mol. The number of nitrogens with zero attached hydrogens (tertiary/aromatic N) is 2. The van der Waals surface area contributed by atoms with Crippen LogP contribution in [0.1, 0.15) is 28.3 Å². The summed E-state index contributed by atoms with van der Waals surface area (Å²) in [6.07, 6.45) is 7.96. The molecule has 0 saturated heterocycles. The van der Waals surface area contributed by atoms with Crippen molar-refractivity contribution in [1.29, 1.82) is 0 Å². The van der Waals surface area contributed by atoms with Crippen molar-refractivity contribution in [3.8, 4) is 10.8 Å². The molecule has 128 valence electrons. The van der Waals surface area contributed by atoms with Crippen LogP contribution in [0.25, 0.3) is 46.4 Å². The Hall–Kier alpha value is -3.36. The van der Waals surface area contributed by atoms with Gasteiger partial charge in [0.2, 0.25) is 0 Å². The van der Waals surface area contributed by atoms with Crippen LogP contribution in [0.3, 0.4) is 0 Å². The third-order valence-electron chi connectivity index (χ3n) is 4.39. The van der Waals surface area contributed by atoms with Gasteiger partial charge in [-0.05, 0) is 71.6 Å². The van der Waals surface area contributed by atoms with Gasteiger partial charge >= 0.3 is 0 Å². The molecule has 0 radical (unpaired) electrons. The fourth-order valence-electron chi connectivity index (χ4n) is 3.19. The van der Waals surface area contributed by atoms with Crippen LogP contribution in [0.4, 0.5) is 0 Å². The number of fused-ring (bicyclic) bond motifs is 8. The first kappa shape index (κ1) is 15.9. The van der Waals surface area contributed by atoms with Crippen LogP contribution in [0.5, 0.6) is 0 Å². The molecule has 0 fully saturated rings. The number of aromatic amines is 2. The Labute approximate surface area is 163 Å². The number of aromatic nitrogens is 4. The van der Waals surface area contributed by atoms with E-state index in [0.717, 1.165) is 50.4 Å². The van der Waals surface area contributed by atoms with E-state index in [-0.39, 0.29) is 0 Å². The molecule has 5 heterocycles. The summed E-state index contributed by atoms with van der Waals surface area (Å²) < 4.78 is 0.